The maximum Gasteiger partial charge on any atom is 0.426 e. The fraction of sp³-hybridized carbons (Fsp3) is 0.778. The molecule has 0 unspecified atom stereocenters. The number of carbonyl (C=O) groups excluding carboxylic acids is 2. The van der Waals surface area contributed by atoms with E-state index in [2.05, 4.69) is 10.7 Å². The van der Waals surface area contributed by atoms with Crippen molar-refractivity contribution in [2.75, 3.05) is 13.7 Å². The monoisotopic (exact) mass is 217 g/mol. The quantitative estimate of drug-likeness (QED) is 0.646. The molecule has 0 fully saturated rings. The van der Waals surface area contributed by atoms with E-state index in [9.17, 15) is 9.59 Å². The van der Waals surface area contributed by atoms with Crippen LogP contribution in [-0.2, 0) is 4.74 Å². The molecule has 0 spiro atoms. The van der Waals surface area contributed by atoms with Gasteiger partial charge in [-0.15, -0.1) is 0 Å². The number of carbonyl (C=O) groups is 2. The number of hydrazine groups is 1. The summed E-state index contributed by atoms with van der Waals surface area (Å²) in [5.41, 5.74) is 1.85. The summed E-state index contributed by atoms with van der Waals surface area (Å²) >= 11 is 0. The summed E-state index contributed by atoms with van der Waals surface area (Å²) in [4.78, 5) is 22.6. The highest BCUT2D eigenvalue weighted by molar-refractivity contribution is 5.78. The highest BCUT2D eigenvalue weighted by atomic mass is 16.6. The second-order valence-electron chi connectivity index (χ2n) is 3.89. The Morgan fingerprint density at radius 1 is 1.33 bits per heavy atom. The minimum absolute atomic E-state index is 0.261. The van der Waals surface area contributed by atoms with Crippen LogP contribution in [0.15, 0.2) is 0 Å². The molecule has 6 nitrogen and oxygen atoms in total. The van der Waals surface area contributed by atoms with E-state index in [0.717, 1.165) is 0 Å². The van der Waals surface area contributed by atoms with Gasteiger partial charge in [-0.1, -0.05) is 0 Å². The van der Waals surface area contributed by atoms with Gasteiger partial charge in [0.15, 0.2) is 0 Å². The zero-order valence-electron chi connectivity index (χ0n) is 9.88. The summed E-state index contributed by atoms with van der Waals surface area (Å²) in [6.07, 6.45) is -0.643. The second-order valence-corrected chi connectivity index (χ2v) is 3.89. The summed E-state index contributed by atoms with van der Waals surface area (Å²) < 4.78 is 4.69. The average molecular weight is 217 g/mol. The summed E-state index contributed by atoms with van der Waals surface area (Å²) in [6.45, 7) is 7.36. The summed E-state index contributed by atoms with van der Waals surface area (Å²) in [5, 5.41) is 3.62. The molecule has 15 heavy (non-hydrogen) atoms. The molecule has 0 bridgehead atoms. The van der Waals surface area contributed by atoms with Gasteiger partial charge in [-0.05, 0) is 27.7 Å². The van der Waals surface area contributed by atoms with Crippen molar-refractivity contribution in [2.24, 2.45) is 0 Å². The number of hydrogen-bond acceptors (Lipinski definition) is 3. The highest BCUT2D eigenvalue weighted by Gasteiger charge is 2.27. The van der Waals surface area contributed by atoms with Gasteiger partial charge in [-0.25, -0.2) is 20.0 Å². The lowest BCUT2D eigenvalue weighted by Crippen LogP contribution is -2.58. The summed E-state index contributed by atoms with van der Waals surface area (Å²) in [7, 11) is 1.49. The number of hydrogen-bond donors (Lipinski definition) is 2. The van der Waals surface area contributed by atoms with Crippen molar-refractivity contribution in [3.05, 3.63) is 0 Å². The zero-order valence-corrected chi connectivity index (χ0v) is 9.88. The van der Waals surface area contributed by atoms with Crippen LogP contribution < -0.4 is 10.7 Å². The summed E-state index contributed by atoms with van der Waals surface area (Å²) in [6, 6.07) is -0.393. The molecule has 88 valence electrons. The normalized spacial score (nSPS) is 10.5. The van der Waals surface area contributed by atoms with Crippen LogP contribution in [0.2, 0.25) is 0 Å². The van der Waals surface area contributed by atoms with Crippen LogP contribution in [0, 0.1) is 0 Å². The Morgan fingerprint density at radius 3 is 2.20 bits per heavy atom. The van der Waals surface area contributed by atoms with Crippen LogP contribution in [0.3, 0.4) is 0 Å². The van der Waals surface area contributed by atoms with Gasteiger partial charge < -0.3 is 10.1 Å². The average Bonchev–Trinajstić information content (AvgIpc) is 2.12. The van der Waals surface area contributed by atoms with E-state index < -0.39 is 17.7 Å². The maximum absolute atomic E-state index is 11.4. The molecule has 0 aromatic carbocycles. The molecule has 0 aliphatic carbocycles. The van der Waals surface area contributed by atoms with Crippen molar-refractivity contribution in [3.63, 3.8) is 0 Å². The number of urea groups is 1. The first-order valence-corrected chi connectivity index (χ1v) is 4.78. The largest absolute Gasteiger partial charge is 0.449 e. The molecule has 0 aliphatic heterocycles. The van der Waals surface area contributed by atoms with Crippen molar-refractivity contribution < 1.29 is 14.3 Å². The molecule has 6 heteroatoms. The van der Waals surface area contributed by atoms with Crippen LogP contribution in [0.4, 0.5) is 9.59 Å². The van der Waals surface area contributed by atoms with E-state index >= 15 is 0 Å². The first-order valence-electron chi connectivity index (χ1n) is 4.78. The van der Waals surface area contributed by atoms with Crippen LogP contribution in [0.1, 0.15) is 27.7 Å². The Morgan fingerprint density at radius 2 is 1.87 bits per heavy atom. The maximum atomic E-state index is 11.4. The lowest BCUT2D eigenvalue weighted by atomic mass is 10.1. The molecule has 0 saturated heterocycles. The molecule has 0 rings (SSSR count). The third kappa shape index (κ3) is 4.53. The minimum Gasteiger partial charge on any atom is -0.449 e. The molecule has 0 aliphatic rings. The van der Waals surface area contributed by atoms with E-state index in [-0.39, 0.29) is 6.61 Å². The van der Waals surface area contributed by atoms with Gasteiger partial charge in [0.1, 0.15) is 0 Å². The van der Waals surface area contributed by atoms with Crippen molar-refractivity contribution in [1.82, 2.24) is 15.8 Å². The number of rotatable bonds is 1. The van der Waals surface area contributed by atoms with Crippen LogP contribution in [0.25, 0.3) is 0 Å². The van der Waals surface area contributed by atoms with Crippen LogP contribution >= 0.6 is 0 Å². The van der Waals surface area contributed by atoms with E-state index in [0.29, 0.717) is 0 Å². The standard InChI is InChI=1S/C9H19N3O3/c1-6-15-8(14)11-12(7(13)10-5)9(2,3)4/h6H2,1-5H3,(H,10,13)(H,11,14). The molecule has 0 radical (unpaired) electrons. The Labute approximate surface area is 89.9 Å². The van der Waals surface area contributed by atoms with Gasteiger partial charge in [0, 0.05) is 7.05 Å². The molecule has 0 aromatic rings. The first-order chi connectivity index (χ1) is 6.82. The smallest absolute Gasteiger partial charge is 0.426 e. The molecule has 0 heterocycles. The Hall–Kier alpha value is -1.46. The van der Waals surface area contributed by atoms with Crippen molar-refractivity contribution in [3.8, 4) is 0 Å². The van der Waals surface area contributed by atoms with E-state index in [1.165, 1.54) is 12.1 Å². The Kier molecular flexibility index (Phi) is 4.90. The minimum atomic E-state index is -0.643. The summed E-state index contributed by atoms with van der Waals surface area (Å²) in [5.74, 6) is 0. The molecule has 0 atom stereocenters. The highest BCUT2D eigenvalue weighted by Crippen LogP contribution is 2.10. The molecular formula is C9H19N3O3. The van der Waals surface area contributed by atoms with Gasteiger partial charge in [0.2, 0.25) is 0 Å². The SMILES string of the molecule is CCOC(=O)NN(C(=O)NC)C(C)(C)C. The second kappa shape index (κ2) is 5.43. The number of nitrogens with zero attached hydrogens (tertiary/aromatic N) is 1. The molecule has 0 aromatic heterocycles. The number of ether oxygens (including phenoxy) is 1. The van der Waals surface area contributed by atoms with Gasteiger partial charge in [0.25, 0.3) is 0 Å². The lowest BCUT2D eigenvalue weighted by Gasteiger charge is -2.34. The molecule has 2 N–H and O–H groups in total. The van der Waals surface area contributed by atoms with E-state index in [1.54, 1.807) is 27.7 Å². The zero-order chi connectivity index (χ0) is 12.1. The van der Waals surface area contributed by atoms with Crippen molar-refractivity contribution in [2.45, 2.75) is 33.2 Å². The molecule has 3 amide bonds. The van der Waals surface area contributed by atoms with Crippen LogP contribution in [0.5, 0.6) is 0 Å². The Balaban J connectivity index is 4.53. The predicted octanol–water partition coefficient (Wildman–Crippen LogP) is 1.09. The molecule has 0 saturated carbocycles. The van der Waals surface area contributed by atoms with E-state index in [4.69, 9.17) is 4.74 Å². The van der Waals surface area contributed by atoms with Gasteiger partial charge in [0.05, 0.1) is 12.1 Å². The topological polar surface area (TPSA) is 70.7 Å². The third-order valence-corrected chi connectivity index (χ3v) is 1.57. The Bertz CT molecular complexity index is 235. The van der Waals surface area contributed by atoms with E-state index in [1.807, 2.05) is 0 Å². The van der Waals surface area contributed by atoms with Gasteiger partial charge in [-0.2, -0.15) is 0 Å². The van der Waals surface area contributed by atoms with Gasteiger partial charge >= 0.3 is 12.1 Å². The fourth-order valence-electron chi connectivity index (χ4n) is 0.890. The van der Waals surface area contributed by atoms with Crippen molar-refractivity contribution in [1.29, 1.82) is 0 Å². The first kappa shape index (κ1) is 13.5. The number of nitrogens with one attached hydrogen (secondary N) is 2. The predicted molar refractivity (Wildman–Crippen MR) is 56.2 cm³/mol. The van der Waals surface area contributed by atoms with Crippen LogP contribution in [-0.4, -0.2) is 36.3 Å². The van der Waals surface area contributed by atoms with Gasteiger partial charge in [-0.3, -0.25) is 0 Å². The third-order valence-electron chi connectivity index (χ3n) is 1.57. The number of amides is 3. The molecular weight excluding hydrogens is 198 g/mol. The lowest BCUT2D eigenvalue weighted by molar-refractivity contribution is 0.0787. The van der Waals surface area contributed by atoms with Crippen molar-refractivity contribution >= 4 is 12.1 Å². The fourth-order valence-corrected chi connectivity index (χ4v) is 0.890.